The second kappa shape index (κ2) is 6.61. The molecule has 2 atom stereocenters. The molecule has 5 heteroatoms. The summed E-state index contributed by atoms with van der Waals surface area (Å²) in [4.78, 5) is 23.2. The number of amides is 1. The van der Waals surface area contributed by atoms with E-state index < -0.39 is 11.9 Å². The molecule has 1 aliphatic rings. The minimum Gasteiger partial charge on any atom is -0.489 e. The highest BCUT2D eigenvalue weighted by Gasteiger charge is 2.34. The molecule has 0 aromatic heterocycles. The third kappa shape index (κ3) is 3.97. The van der Waals surface area contributed by atoms with Crippen LogP contribution in [0, 0.1) is 11.8 Å². The number of aliphatic carboxylic acids is 1. The van der Waals surface area contributed by atoms with E-state index in [0.717, 1.165) is 0 Å². The molecule has 1 saturated carbocycles. The largest absolute Gasteiger partial charge is 0.489 e. The van der Waals surface area contributed by atoms with Crippen molar-refractivity contribution in [3.05, 3.63) is 24.3 Å². The van der Waals surface area contributed by atoms with Gasteiger partial charge in [0.1, 0.15) is 5.75 Å². The molecule has 1 aliphatic carbocycles. The number of carbonyl (C=O) groups excluding carboxylic acids is 1. The van der Waals surface area contributed by atoms with Gasteiger partial charge in [-0.3, -0.25) is 9.59 Å². The smallest absolute Gasteiger partial charge is 0.306 e. The summed E-state index contributed by atoms with van der Waals surface area (Å²) in [5.41, 5.74) is 0.634. The van der Waals surface area contributed by atoms with Crippen molar-refractivity contribution >= 4 is 17.6 Å². The molecule has 114 valence electrons. The number of nitrogens with one attached hydrogen (secondary N) is 1. The zero-order valence-corrected chi connectivity index (χ0v) is 12.3. The zero-order valence-electron chi connectivity index (χ0n) is 12.3. The highest BCUT2D eigenvalue weighted by molar-refractivity contribution is 5.94. The lowest BCUT2D eigenvalue weighted by Crippen LogP contribution is -2.22. The Bertz CT molecular complexity index is 527. The number of carboxylic acid groups (broad SMARTS) is 1. The number of hydrogen-bond donors (Lipinski definition) is 2. The van der Waals surface area contributed by atoms with Gasteiger partial charge in [0.15, 0.2) is 0 Å². The normalized spacial score (nSPS) is 21.3. The van der Waals surface area contributed by atoms with Gasteiger partial charge in [-0.15, -0.1) is 0 Å². The summed E-state index contributed by atoms with van der Waals surface area (Å²) < 4.78 is 5.66. The van der Waals surface area contributed by atoms with Crippen LogP contribution in [0.5, 0.6) is 5.75 Å². The Morgan fingerprint density at radius 1 is 1.24 bits per heavy atom. The van der Waals surface area contributed by atoms with E-state index in [1.54, 1.807) is 6.07 Å². The molecule has 0 saturated heterocycles. The van der Waals surface area contributed by atoms with Crippen molar-refractivity contribution in [2.45, 2.75) is 39.2 Å². The maximum Gasteiger partial charge on any atom is 0.306 e. The summed E-state index contributed by atoms with van der Waals surface area (Å²) in [6, 6.07) is 7.28. The SMILES string of the molecule is CC(C)Oc1ccccc1NC(=O)[C@@H]1CC[C@H](C(=O)O)C1. The topological polar surface area (TPSA) is 75.6 Å². The van der Waals surface area contributed by atoms with Gasteiger partial charge in [-0.25, -0.2) is 0 Å². The predicted octanol–water partition coefficient (Wildman–Crippen LogP) is 2.91. The number of carboxylic acids is 1. The molecule has 0 bridgehead atoms. The van der Waals surface area contributed by atoms with Crippen molar-refractivity contribution in [2.75, 3.05) is 5.32 Å². The molecule has 0 spiro atoms. The molecule has 21 heavy (non-hydrogen) atoms. The molecule has 0 aliphatic heterocycles. The molecular weight excluding hydrogens is 270 g/mol. The Kier molecular flexibility index (Phi) is 4.83. The fourth-order valence-corrected chi connectivity index (χ4v) is 2.61. The van der Waals surface area contributed by atoms with Crippen molar-refractivity contribution in [3.63, 3.8) is 0 Å². The number of anilines is 1. The monoisotopic (exact) mass is 291 g/mol. The van der Waals surface area contributed by atoms with Gasteiger partial charge >= 0.3 is 5.97 Å². The van der Waals surface area contributed by atoms with Crippen LogP contribution < -0.4 is 10.1 Å². The molecule has 2 N–H and O–H groups in total. The van der Waals surface area contributed by atoms with Gasteiger partial charge in [0, 0.05) is 5.92 Å². The Morgan fingerprint density at radius 3 is 2.52 bits per heavy atom. The summed E-state index contributed by atoms with van der Waals surface area (Å²) in [5, 5.41) is 11.9. The third-order valence-corrected chi connectivity index (χ3v) is 3.66. The van der Waals surface area contributed by atoms with Crippen LogP contribution in [-0.2, 0) is 9.59 Å². The van der Waals surface area contributed by atoms with Crippen molar-refractivity contribution in [1.29, 1.82) is 0 Å². The van der Waals surface area contributed by atoms with Crippen LogP contribution in [0.3, 0.4) is 0 Å². The van der Waals surface area contributed by atoms with Gasteiger partial charge in [-0.1, -0.05) is 12.1 Å². The molecule has 0 radical (unpaired) electrons. The van der Waals surface area contributed by atoms with E-state index in [0.29, 0.717) is 30.7 Å². The lowest BCUT2D eigenvalue weighted by Gasteiger charge is -2.16. The summed E-state index contributed by atoms with van der Waals surface area (Å²) in [6.07, 6.45) is 1.62. The minimum absolute atomic E-state index is 0.0194. The molecule has 1 fully saturated rings. The Labute approximate surface area is 124 Å². The fraction of sp³-hybridized carbons (Fsp3) is 0.500. The number of carbonyl (C=O) groups is 2. The molecule has 0 heterocycles. The van der Waals surface area contributed by atoms with Crippen LogP contribution in [0.2, 0.25) is 0 Å². The molecule has 0 unspecified atom stereocenters. The second-order valence-corrected chi connectivity index (χ2v) is 5.70. The standard InChI is InChI=1S/C16H21NO4/c1-10(2)21-14-6-4-3-5-13(14)17-15(18)11-7-8-12(9-11)16(19)20/h3-6,10-12H,7-9H2,1-2H3,(H,17,18)(H,19,20)/t11-,12+/m1/s1. The van der Waals surface area contributed by atoms with Gasteiger partial charge in [0.25, 0.3) is 0 Å². The van der Waals surface area contributed by atoms with Crippen LogP contribution in [-0.4, -0.2) is 23.1 Å². The average Bonchev–Trinajstić information content (AvgIpc) is 2.90. The van der Waals surface area contributed by atoms with E-state index >= 15 is 0 Å². The van der Waals surface area contributed by atoms with Crippen molar-refractivity contribution in [2.24, 2.45) is 11.8 Å². The third-order valence-electron chi connectivity index (χ3n) is 3.66. The van der Waals surface area contributed by atoms with Gasteiger partial charge in [-0.05, 0) is 45.2 Å². The Balaban J connectivity index is 2.02. The van der Waals surface area contributed by atoms with Crippen LogP contribution >= 0.6 is 0 Å². The van der Waals surface area contributed by atoms with Crippen molar-refractivity contribution in [1.82, 2.24) is 0 Å². The van der Waals surface area contributed by atoms with Crippen LogP contribution in [0.1, 0.15) is 33.1 Å². The highest BCUT2D eigenvalue weighted by atomic mass is 16.5. The average molecular weight is 291 g/mol. The predicted molar refractivity (Wildman–Crippen MR) is 79.3 cm³/mol. The molecule has 2 rings (SSSR count). The fourth-order valence-electron chi connectivity index (χ4n) is 2.61. The molecule has 1 amide bonds. The Hall–Kier alpha value is -2.04. The van der Waals surface area contributed by atoms with Crippen molar-refractivity contribution < 1.29 is 19.4 Å². The molecule has 1 aromatic carbocycles. The first-order valence-electron chi connectivity index (χ1n) is 7.26. The summed E-state index contributed by atoms with van der Waals surface area (Å²) >= 11 is 0. The molecular formula is C16H21NO4. The van der Waals surface area contributed by atoms with E-state index in [1.165, 1.54) is 0 Å². The highest BCUT2D eigenvalue weighted by Crippen LogP contribution is 2.33. The van der Waals surface area contributed by atoms with E-state index in [2.05, 4.69) is 5.32 Å². The van der Waals surface area contributed by atoms with Crippen LogP contribution in [0.4, 0.5) is 5.69 Å². The second-order valence-electron chi connectivity index (χ2n) is 5.70. The minimum atomic E-state index is -0.811. The van der Waals surface area contributed by atoms with Crippen LogP contribution in [0.25, 0.3) is 0 Å². The van der Waals surface area contributed by atoms with Gasteiger partial charge < -0.3 is 15.2 Å². The molecule has 5 nitrogen and oxygen atoms in total. The van der Waals surface area contributed by atoms with Crippen LogP contribution in [0.15, 0.2) is 24.3 Å². The summed E-state index contributed by atoms with van der Waals surface area (Å²) in [7, 11) is 0. The van der Waals surface area contributed by atoms with Gasteiger partial charge in [0.2, 0.25) is 5.91 Å². The van der Waals surface area contributed by atoms with E-state index in [-0.39, 0.29) is 17.9 Å². The first-order chi connectivity index (χ1) is 9.97. The van der Waals surface area contributed by atoms with Gasteiger partial charge in [-0.2, -0.15) is 0 Å². The molecule has 1 aromatic rings. The zero-order chi connectivity index (χ0) is 15.4. The van der Waals surface area contributed by atoms with Crippen molar-refractivity contribution in [3.8, 4) is 5.75 Å². The maximum atomic E-state index is 12.3. The van der Waals surface area contributed by atoms with E-state index in [4.69, 9.17) is 9.84 Å². The number of rotatable bonds is 5. The summed E-state index contributed by atoms with van der Waals surface area (Å²) in [5.74, 6) is -0.942. The van der Waals surface area contributed by atoms with E-state index in [1.807, 2.05) is 32.0 Å². The van der Waals surface area contributed by atoms with Gasteiger partial charge in [0.05, 0.1) is 17.7 Å². The lowest BCUT2D eigenvalue weighted by molar-refractivity contribution is -0.141. The maximum absolute atomic E-state index is 12.3. The quantitative estimate of drug-likeness (QED) is 0.874. The number of hydrogen-bond acceptors (Lipinski definition) is 3. The number of para-hydroxylation sites is 2. The first kappa shape index (κ1) is 15.4. The Morgan fingerprint density at radius 2 is 1.90 bits per heavy atom. The number of ether oxygens (including phenoxy) is 1. The summed E-state index contributed by atoms with van der Waals surface area (Å²) in [6.45, 7) is 3.85. The number of benzene rings is 1. The van der Waals surface area contributed by atoms with E-state index in [9.17, 15) is 9.59 Å². The first-order valence-corrected chi connectivity index (χ1v) is 7.26. The lowest BCUT2D eigenvalue weighted by atomic mass is 10.0.